The van der Waals surface area contributed by atoms with Crippen LogP contribution in [0.4, 0.5) is 0 Å². The topological polar surface area (TPSA) is 78.7 Å². The summed E-state index contributed by atoms with van der Waals surface area (Å²) in [4.78, 5) is 0. The second-order valence-electron chi connectivity index (χ2n) is 6.56. The molecule has 3 aromatic rings. The van der Waals surface area contributed by atoms with Gasteiger partial charge in [0.2, 0.25) is 5.16 Å². The number of ether oxygens (including phenoxy) is 2. The molecule has 2 N–H and O–H groups in total. The summed E-state index contributed by atoms with van der Waals surface area (Å²) in [7, 11) is 1.86. The Bertz CT molecular complexity index is 873. The molecule has 7 nitrogen and oxygen atoms in total. The van der Waals surface area contributed by atoms with Gasteiger partial charge in [0.1, 0.15) is 13.2 Å². The number of aromatic nitrogens is 4. The Morgan fingerprint density at radius 3 is 2.66 bits per heavy atom. The van der Waals surface area contributed by atoms with Crippen LogP contribution in [0.1, 0.15) is 24.5 Å². The van der Waals surface area contributed by atoms with E-state index < -0.39 is 0 Å². The Kier molecular flexibility index (Phi) is 8.33. The Balaban J connectivity index is 1.44. The van der Waals surface area contributed by atoms with Gasteiger partial charge in [-0.2, -0.15) is 0 Å². The van der Waals surface area contributed by atoms with Gasteiger partial charge >= 0.3 is 0 Å². The summed E-state index contributed by atoms with van der Waals surface area (Å²) in [6.07, 6.45) is 1.09. The van der Waals surface area contributed by atoms with Gasteiger partial charge in [-0.25, -0.2) is 4.68 Å². The fraction of sp³-hybridized carbons (Fsp3) is 0.381. The Morgan fingerprint density at radius 2 is 1.90 bits per heavy atom. The molecular formula is C21H28N5O2S+. The largest absolute Gasteiger partial charge is 0.490 e. The number of thioether (sulfide) groups is 1. The molecule has 2 aromatic carbocycles. The van der Waals surface area contributed by atoms with Crippen LogP contribution in [-0.2, 0) is 20.2 Å². The monoisotopic (exact) mass is 414 g/mol. The smallest absolute Gasteiger partial charge is 0.209 e. The molecule has 0 bridgehead atoms. The zero-order valence-corrected chi connectivity index (χ0v) is 17.8. The number of tetrazole rings is 1. The van der Waals surface area contributed by atoms with Crippen LogP contribution in [0.25, 0.3) is 0 Å². The lowest BCUT2D eigenvalue weighted by molar-refractivity contribution is -0.670. The number of nitrogens with zero attached hydrogens (tertiary/aromatic N) is 4. The first-order valence-corrected chi connectivity index (χ1v) is 10.8. The maximum atomic E-state index is 5.98. The van der Waals surface area contributed by atoms with Gasteiger partial charge in [0, 0.05) is 24.8 Å². The normalized spacial score (nSPS) is 10.8. The van der Waals surface area contributed by atoms with Crippen molar-refractivity contribution < 1.29 is 14.8 Å². The lowest BCUT2D eigenvalue weighted by Crippen LogP contribution is -2.82. The van der Waals surface area contributed by atoms with E-state index in [1.807, 2.05) is 38.2 Å². The maximum Gasteiger partial charge on any atom is 0.209 e. The lowest BCUT2D eigenvalue weighted by Gasteiger charge is -2.13. The Hall–Kier alpha value is -2.58. The summed E-state index contributed by atoms with van der Waals surface area (Å²) in [5.74, 6) is 2.59. The van der Waals surface area contributed by atoms with E-state index >= 15 is 0 Å². The molecule has 154 valence electrons. The fourth-order valence-electron chi connectivity index (χ4n) is 2.81. The number of hydrogen-bond acceptors (Lipinski definition) is 6. The minimum atomic E-state index is 0.533. The maximum absolute atomic E-state index is 5.98. The van der Waals surface area contributed by atoms with Crippen molar-refractivity contribution in [3.05, 3.63) is 59.7 Å². The molecule has 0 unspecified atom stereocenters. The highest BCUT2D eigenvalue weighted by molar-refractivity contribution is 7.99. The van der Waals surface area contributed by atoms with E-state index in [0.29, 0.717) is 13.2 Å². The van der Waals surface area contributed by atoms with E-state index in [1.54, 1.807) is 16.4 Å². The van der Waals surface area contributed by atoms with E-state index in [9.17, 15) is 0 Å². The third kappa shape index (κ3) is 6.76. The molecule has 0 aliphatic heterocycles. The molecule has 1 heterocycles. The van der Waals surface area contributed by atoms with Crippen LogP contribution in [0.3, 0.4) is 0 Å². The van der Waals surface area contributed by atoms with Gasteiger partial charge in [0.15, 0.2) is 11.5 Å². The Labute approximate surface area is 175 Å². The van der Waals surface area contributed by atoms with Gasteiger partial charge in [-0.1, -0.05) is 42.1 Å². The quantitative estimate of drug-likeness (QED) is 0.362. The SMILES string of the molecule is CCOc1cc(C[NH2+]CCCSc2nnnn2C)ccc1OCc1ccccc1. The molecule has 0 saturated heterocycles. The number of hydrogen-bond donors (Lipinski definition) is 1. The molecule has 0 spiro atoms. The lowest BCUT2D eigenvalue weighted by atomic mass is 10.2. The van der Waals surface area contributed by atoms with Crippen molar-refractivity contribution in [2.24, 2.45) is 7.05 Å². The first-order valence-electron chi connectivity index (χ1n) is 9.85. The predicted molar refractivity (Wildman–Crippen MR) is 113 cm³/mol. The van der Waals surface area contributed by atoms with Crippen molar-refractivity contribution in [1.29, 1.82) is 0 Å². The molecular weight excluding hydrogens is 386 g/mol. The van der Waals surface area contributed by atoms with Crippen LogP contribution < -0.4 is 14.8 Å². The highest BCUT2D eigenvalue weighted by Crippen LogP contribution is 2.29. The van der Waals surface area contributed by atoms with Gasteiger partial charge in [-0.15, -0.1) is 5.10 Å². The van der Waals surface area contributed by atoms with Crippen LogP contribution in [0.15, 0.2) is 53.7 Å². The van der Waals surface area contributed by atoms with Crippen molar-refractivity contribution in [1.82, 2.24) is 20.2 Å². The number of aryl methyl sites for hydroxylation is 1. The fourth-order valence-corrected chi connectivity index (χ4v) is 3.62. The highest BCUT2D eigenvalue weighted by atomic mass is 32.2. The second kappa shape index (κ2) is 11.4. The average molecular weight is 415 g/mol. The van der Waals surface area contributed by atoms with Crippen molar-refractivity contribution >= 4 is 11.8 Å². The first kappa shape index (κ1) is 21.1. The summed E-state index contributed by atoms with van der Waals surface area (Å²) in [5, 5.41) is 14.6. The molecule has 3 rings (SSSR count). The summed E-state index contributed by atoms with van der Waals surface area (Å²) >= 11 is 1.68. The van der Waals surface area contributed by atoms with Crippen LogP contribution in [-0.4, -0.2) is 39.1 Å². The van der Waals surface area contributed by atoms with Gasteiger partial charge in [0.05, 0.1) is 13.2 Å². The van der Waals surface area contributed by atoms with E-state index in [1.165, 1.54) is 5.56 Å². The molecule has 8 heteroatoms. The third-order valence-corrected chi connectivity index (χ3v) is 5.39. The molecule has 0 amide bonds. The molecule has 0 fully saturated rings. The molecule has 0 radical (unpaired) electrons. The van der Waals surface area contributed by atoms with Gasteiger partial charge in [0.25, 0.3) is 0 Å². The summed E-state index contributed by atoms with van der Waals surface area (Å²) in [6.45, 7) is 5.10. The third-order valence-electron chi connectivity index (χ3n) is 4.29. The van der Waals surface area contributed by atoms with E-state index in [-0.39, 0.29) is 0 Å². The average Bonchev–Trinajstić information content (AvgIpc) is 3.15. The van der Waals surface area contributed by atoms with E-state index in [4.69, 9.17) is 9.47 Å². The van der Waals surface area contributed by atoms with Crippen molar-refractivity contribution in [3.8, 4) is 11.5 Å². The van der Waals surface area contributed by atoms with Crippen molar-refractivity contribution in [2.45, 2.75) is 31.7 Å². The number of rotatable bonds is 12. The number of nitrogens with two attached hydrogens (primary N) is 1. The van der Waals surface area contributed by atoms with Crippen LogP contribution in [0.2, 0.25) is 0 Å². The predicted octanol–water partition coefficient (Wildman–Crippen LogP) is 2.43. The van der Waals surface area contributed by atoms with Crippen LogP contribution >= 0.6 is 11.8 Å². The van der Waals surface area contributed by atoms with Gasteiger partial charge in [-0.3, -0.25) is 0 Å². The summed E-state index contributed by atoms with van der Waals surface area (Å²) in [5.41, 5.74) is 2.37. The van der Waals surface area contributed by atoms with Crippen molar-refractivity contribution in [2.75, 3.05) is 18.9 Å². The second-order valence-corrected chi connectivity index (χ2v) is 7.62. The van der Waals surface area contributed by atoms with Crippen LogP contribution in [0, 0.1) is 0 Å². The summed E-state index contributed by atoms with van der Waals surface area (Å²) < 4.78 is 13.5. The first-order chi connectivity index (χ1) is 14.3. The van der Waals surface area contributed by atoms with Gasteiger partial charge < -0.3 is 14.8 Å². The standard InChI is InChI=1S/C21H27N5O2S/c1-3-27-20-14-18(10-11-19(20)28-16-17-8-5-4-6-9-17)15-22-12-7-13-29-21-23-24-25-26(21)2/h4-6,8-11,14,22H,3,7,12-13,15-16H2,1-2H3/p+1. The van der Waals surface area contributed by atoms with E-state index in [2.05, 4.69) is 45.1 Å². The van der Waals surface area contributed by atoms with Gasteiger partial charge in [-0.05, 0) is 41.1 Å². The molecule has 1 aromatic heterocycles. The minimum Gasteiger partial charge on any atom is -0.490 e. The number of quaternary nitrogens is 1. The van der Waals surface area contributed by atoms with Crippen LogP contribution in [0.5, 0.6) is 11.5 Å². The molecule has 0 saturated carbocycles. The zero-order chi connectivity index (χ0) is 20.3. The van der Waals surface area contributed by atoms with Crippen molar-refractivity contribution in [3.63, 3.8) is 0 Å². The summed E-state index contributed by atoms with van der Waals surface area (Å²) in [6, 6.07) is 16.4. The Morgan fingerprint density at radius 1 is 1.03 bits per heavy atom. The number of benzene rings is 2. The molecule has 29 heavy (non-hydrogen) atoms. The zero-order valence-electron chi connectivity index (χ0n) is 17.0. The molecule has 0 atom stereocenters. The minimum absolute atomic E-state index is 0.533. The molecule has 0 aliphatic rings. The molecule has 0 aliphatic carbocycles. The van der Waals surface area contributed by atoms with E-state index in [0.717, 1.165) is 47.5 Å². The highest BCUT2D eigenvalue weighted by Gasteiger charge is 2.08.